The van der Waals surface area contributed by atoms with Crippen molar-refractivity contribution in [2.24, 2.45) is 10.9 Å². The molecule has 2 atom stereocenters. The van der Waals surface area contributed by atoms with Gasteiger partial charge in [0.1, 0.15) is 5.60 Å². The summed E-state index contributed by atoms with van der Waals surface area (Å²) in [6, 6.07) is 7.77. The number of hydrogen-bond donors (Lipinski definition) is 3. The van der Waals surface area contributed by atoms with E-state index >= 15 is 0 Å². The standard InChI is InChI=1S/C20H28N4O3/c1-19(2,3)27-18(26)23-17-22-15(25)11-20(4,24-17)16(12-8-9-12)13-6-5-7-14(21)10-13/h5-7,10,12,16H,8-9,11,21H2,1-4H3,(H2,22,23,24,25,26)/t16?,20-/m0/s1. The monoisotopic (exact) mass is 372 g/mol. The number of amides is 2. The van der Waals surface area contributed by atoms with E-state index in [1.165, 1.54) is 0 Å². The van der Waals surface area contributed by atoms with Gasteiger partial charge in [-0.3, -0.25) is 15.4 Å². The first-order valence-electron chi connectivity index (χ1n) is 9.31. The molecule has 1 aliphatic heterocycles. The molecule has 0 saturated heterocycles. The van der Waals surface area contributed by atoms with Gasteiger partial charge in [-0.15, -0.1) is 0 Å². The maximum absolute atomic E-state index is 12.4. The van der Waals surface area contributed by atoms with Crippen LogP contribution in [0.5, 0.6) is 0 Å². The summed E-state index contributed by atoms with van der Waals surface area (Å²) in [5, 5.41) is 5.21. The van der Waals surface area contributed by atoms with E-state index in [4.69, 9.17) is 15.5 Å². The lowest BCUT2D eigenvalue weighted by Gasteiger charge is -2.38. The molecule has 146 valence electrons. The Morgan fingerprint density at radius 1 is 1.41 bits per heavy atom. The summed E-state index contributed by atoms with van der Waals surface area (Å²) in [6.07, 6.45) is 1.81. The molecule has 0 bridgehead atoms. The number of alkyl carbamates (subject to hydrolysis) is 1. The maximum atomic E-state index is 12.4. The fourth-order valence-corrected chi connectivity index (χ4v) is 3.78. The molecule has 27 heavy (non-hydrogen) atoms. The number of anilines is 1. The normalized spacial score (nSPS) is 23.9. The highest BCUT2D eigenvalue weighted by Gasteiger charge is 2.47. The molecule has 1 aromatic carbocycles. The minimum Gasteiger partial charge on any atom is -0.444 e. The highest BCUT2D eigenvalue weighted by molar-refractivity contribution is 6.05. The van der Waals surface area contributed by atoms with Gasteiger partial charge in [-0.05, 0) is 64.2 Å². The molecule has 1 unspecified atom stereocenters. The average Bonchev–Trinajstić information content (AvgIpc) is 3.28. The van der Waals surface area contributed by atoms with Crippen LogP contribution in [-0.4, -0.2) is 29.1 Å². The number of guanidine groups is 1. The van der Waals surface area contributed by atoms with E-state index in [-0.39, 0.29) is 24.2 Å². The Balaban J connectivity index is 1.89. The predicted octanol–water partition coefficient (Wildman–Crippen LogP) is 2.92. The fourth-order valence-electron chi connectivity index (χ4n) is 3.78. The molecule has 7 heteroatoms. The number of nitrogens with one attached hydrogen (secondary N) is 2. The number of carbonyl (C=O) groups is 2. The van der Waals surface area contributed by atoms with Crippen LogP contribution >= 0.6 is 0 Å². The summed E-state index contributed by atoms with van der Waals surface area (Å²) in [5.74, 6) is 0.474. The van der Waals surface area contributed by atoms with E-state index < -0.39 is 17.2 Å². The Labute approximate surface area is 159 Å². The van der Waals surface area contributed by atoms with E-state index in [9.17, 15) is 9.59 Å². The third-order valence-electron chi connectivity index (χ3n) is 4.80. The second-order valence-corrected chi connectivity index (χ2v) is 8.65. The lowest BCUT2D eigenvalue weighted by Crippen LogP contribution is -2.53. The van der Waals surface area contributed by atoms with Crippen LogP contribution < -0.4 is 16.4 Å². The van der Waals surface area contributed by atoms with Gasteiger partial charge >= 0.3 is 6.09 Å². The van der Waals surface area contributed by atoms with Crippen molar-refractivity contribution >= 4 is 23.6 Å². The Morgan fingerprint density at radius 2 is 2.11 bits per heavy atom. The van der Waals surface area contributed by atoms with Crippen molar-refractivity contribution in [2.45, 2.75) is 64.0 Å². The van der Waals surface area contributed by atoms with E-state index in [1.807, 2.05) is 31.2 Å². The van der Waals surface area contributed by atoms with Crippen molar-refractivity contribution in [1.29, 1.82) is 0 Å². The summed E-state index contributed by atoms with van der Waals surface area (Å²) in [7, 11) is 0. The number of nitrogen functional groups attached to an aromatic ring is 1. The van der Waals surface area contributed by atoms with Crippen molar-refractivity contribution < 1.29 is 14.3 Å². The fraction of sp³-hybridized carbons (Fsp3) is 0.550. The number of hydrogen-bond acceptors (Lipinski definition) is 5. The molecule has 1 fully saturated rings. The molecule has 1 heterocycles. The van der Waals surface area contributed by atoms with Crippen molar-refractivity contribution in [3.63, 3.8) is 0 Å². The van der Waals surface area contributed by atoms with E-state index in [0.717, 1.165) is 18.4 Å². The van der Waals surface area contributed by atoms with Crippen LogP contribution in [0, 0.1) is 5.92 Å². The van der Waals surface area contributed by atoms with Crippen molar-refractivity contribution in [3.05, 3.63) is 29.8 Å². The molecule has 1 saturated carbocycles. The molecule has 1 aliphatic carbocycles. The van der Waals surface area contributed by atoms with Crippen LogP contribution in [0.25, 0.3) is 0 Å². The number of benzene rings is 1. The van der Waals surface area contributed by atoms with Crippen LogP contribution in [0.1, 0.15) is 58.4 Å². The van der Waals surface area contributed by atoms with E-state index in [1.54, 1.807) is 20.8 Å². The minimum atomic E-state index is -0.665. The second-order valence-electron chi connectivity index (χ2n) is 8.65. The molecule has 7 nitrogen and oxygen atoms in total. The number of ether oxygens (including phenoxy) is 1. The summed E-state index contributed by atoms with van der Waals surface area (Å²) in [6.45, 7) is 7.30. The van der Waals surface area contributed by atoms with Gasteiger partial charge in [0.25, 0.3) is 0 Å². The quantitative estimate of drug-likeness (QED) is 0.709. The highest BCUT2D eigenvalue weighted by Crippen LogP contribution is 2.51. The molecule has 0 radical (unpaired) electrons. The van der Waals surface area contributed by atoms with Crippen molar-refractivity contribution in [3.8, 4) is 0 Å². The van der Waals surface area contributed by atoms with Crippen LogP contribution in [-0.2, 0) is 9.53 Å². The van der Waals surface area contributed by atoms with E-state index in [0.29, 0.717) is 11.6 Å². The second kappa shape index (κ2) is 6.87. The van der Waals surface area contributed by atoms with Crippen LogP contribution in [0.15, 0.2) is 29.3 Å². The summed E-state index contributed by atoms with van der Waals surface area (Å²) >= 11 is 0. The lowest BCUT2D eigenvalue weighted by molar-refractivity contribution is -0.121. The molecule has 1 aromatic rings. The Morgan fingerprint density at radius 3 is 2.70 bits per heavy atom. The van der Waals surface area contributed by atoms with Crippen LogP contribution in [0.2, 0.25) is 0 Å². The van der Waals surface area contributed by atoms with Gasteiger partial charge in [-0.2, -0.15) is 0 Å². The van der Waals surface area contributed by atoms with Gasteiger partial charge in [-0.25, -0.2) is 9.79 Å². The molecule has 3 rings (SSSR count). The van der Waals surface area contributed by atoms with Crippen molar-refractivity contribution in [2.75, 3.05) is 5.73 Å². The highest BCUT2D eigenvalue weighted by atomic mass is 16.6. The molecule has 0 aromatic heterocycles. The SMILES string of the molecule is CC(C)(C)OC(=O)NC1=N[C@](C)(C(c2cccc(N)c2)C2CC2)CC(=O)N1. The first-order chi connectivity index (χ1) is 12.6. The number of rotatable bonds is 3. The molecule has 0 spiro atoms. The molecular formula is C20H28N4O3. The van der Waals surface area contributed by atoms with Gasteiger partial charge in [0, 0.05) is 11.6 Å². The zero-order valence-corrected chi connectivity index (χ0v) is 16.3. The maximum Gasteiger partial charge on any atom is 0.414 e. The zero-order valence-electron chi connectivity index (χ0n) is 16.3. The van der Waals surface area contributed by atoms with Gasteiger partial charge < -0.3 is 10.5 Å². The number of carbonyl (C=O) groups excluding carboxylic acids is 2. The topological polar surface area (TPSA) is 106 Å². The zero-order chi connectivity index (χ0) is 19.8. The molecular weight excluding hydrogens is 344 g/mol. The van der Waals surface area contributed by atoms with Gasteiger partial charge in [0.15, 0.2) is 0 Å². The summed E-state index contributed by atoms with van der Waals surface area (Å²) in [5.41, 5.74) is 6.45. The molecule has 2 amide bonds. The Bertz CT molecular complexity index is 780. The van der Waals surface area contributed by atoms with Crippen LogP contribution in [0.3, 0.4) is 0 Å². The summed E-state index contributed by atoms with van der Waals surface area (Å²) < 4.78 is 5.27. The van der Waals surface area contributed by atoms with Gasteiger partial charge in [0.05, 0.1) is 12.0 Å². The number of nitrogens with zero attached hydrogens (tertiary/aromatic N) is 1. The number of nitrogens with two attached hydrogens (primary N) is 1. The van der Waals surface area contributed by atoms with Crippen molar-refractivity contribution in [1.82, 2.24) is 10.6 Å². The lowest BCUT2D eigenvalue weighted by atomic mass is 9.75. The molecule has 4 N–H and O–H groups in total. The minimum absolute atomic E-state index is 0.0579. The van der Waals surface area contributed by atoms with Gasteiger partial charge in [0.2, 0.25) is 11.9 Å². The predicted molar refractivity (Wildman–Crippen MR) is 104 cm³/mol. The third-order valence-corrected chi connectivity index (χ3v) is 4.80. The average molecular weight is 372 g/mol. The summed E-state index contributed by atoms with van der Waals surface area (Å²) in [4.78, 5) is 29.2. The molecule has 2 aliphatic rings. The first-order valence-corrected chi connectivity index (χ1v) is 9.31. The first kappa shape index (κ1) is 19.2. The van der Waals surface area contributed by atoms with Gasteiger partial charge in [-0.1, -0.05) is 12.1 Å². The smallest absolute Gasteiger partial charge is 0.414 e. The Kier molecular flexibility index (Phi) is 4.88. The largest absolute Gasteiger partial charge is 0.444 e. The van der Waals surface area contributed by atoms with E-state index in [2.05, 4.69) is 10.6 Å². The van der Waals surface area contributed by atoms with Crippen LogP contribution in [0.4, 0.5) is 10.5 Å². The third kappa shape index (κ3) is 4.78. The number of aliphatic imine (C=N–C) groups is 1. The Hall–Kier alpha value is -2.57.